The molecule has 3 heterocycles. The topological polar surface area (TPSA) is 249 Å². The van der Waals surface area contributed by atoms with E-state index < -0.39 is 35.6 Å². The van der Waals surface area contributed by atoms with E-state index in [2.05, 4.69) is 25.9 Å². The molecule has 0 aliphatic carbocycles. The zero-order chi connectivity index (χ0) is 49.7. The molecule has 1 fully saturated rings. The van der Waals surface area contributed by atoms with Crippen LogP contribution >= 0.6 is 11.6 Å². The Kier molecular flexibility index (Phi) is 17.4. The molecule has 2 aliphatic rings. The molecular formula is C49H51ClF2N10O8. The fourth-order valence-electron chi connectivity index (χ4n) is 7.78. The lowest BCUT2D eigenvalue weighted by Gasteiger charge is -2.30. The number of hydrogen-bond acceptors (Lipinski definition) is 16. The predicted molar refractivity (Wildman–Crippen MR) is 258 cm³/mol. The molecule has 7 rings (SSSR count). The quantitative estimate of drug-likeness (QED) is 0.0181. The number of amides is 3. The number of aromatic nitrogens is 2. The van der Waals surface area contributed by atoms with E-state index in [9.17, 15) is 33.1 Å². The van der Waals surface area contributed by atoms with Crippen LogP contribution in [0.1, 0.15) is 51.0 Å². The summed E-state index contributed by atoms with van der Waals surface area (Å²) in [6, 6.07) is 20.1. The summed E-state index contributed by atoms with van der Waals surface area (Å²) in [5.74, 6) is 3.71. The van der Waals surface area contributed by atoms with E-state index in [0.29, 0.717) is 73.9 Å². The van der Waals surface area contributed by atoms with Gasteiger partial charge in [-0.2, -0.15) is 0 Å². The van der Waals surface area contributed by atoms with E-state index in [1.165, 1.54) is 29.4 Å². The Labute approximate surface area is 406 Å². The number of benzene rings is 4. The second-order valence-corrected chi connectivity index (χ2v) is 16.8. The first-order valence-corrected chi connectivity index (χ1v) is 22.5. The molecule has 8 N–H and O–H groups in total. The van der Waals surface area contributed by atoms with E-state index in [0.717, 1.165) is 0 Å². The molecule has 366 valence electrons. The Morgan fingerprint density at radius 1 is 1.00 bits per heavy atom. The largest absolute Gasteiger partial charge is 0.397 e. The number of carbonyl (C=O) groups is 4. The third kappa shape index (κ3) is 13.2. The monoisotopic (exact) mass is 980 g/mol. The van der Waals surface area contributed by atoms with E-state index in [1.54, 1.807) is 78.8 Å². The summed E-state index contributed by atoms with van der Waals surface area (Å²) in [4.78, 5) is 64.0. The number of aliphatic hydroxyl groups is 1. The lowest BCUT2D eigenvalue weighted by molar-refractivity contribution is -0.137. The van der Waals surface area contributed by atoms with Crippen LogP contribution in [0.5, 0.6) is 0 Å². The number of nitrogens with one attached hydrogen (secondary N) is 3. The minimum Gasteiger partial charge on any atom is -0.397 e. The van der Waals surface area contributed by atoms with Gasteiger partial charge < -0.3 is 40.7 Å². The molecule has 70 heavy (non-hydrogen) atoms. The number of nitrogens with two attached hydrogens (primary N) is 2. The number of fused-ring (bicyclic) bond motifs is 3. The number of ether oxygens (including phenoxy) is 3. The van der Waals surface area contributed by atoms with Crippen LogP contribution in [0, 0.1) is 11.6 Å². The fourth-order valence-corrected chi connectivity index (χ4v) is 7.95. The zero-order valence-corrected chi connectivity index (χ0v) is 38.8. The van der Waals surface area contributed by atoms with Crippen molar-refractivity contribution in [1.82, 2.24) is 25.2 Å². The van der Waals surface area contributed by atoms with Crippen molar-refractivity contribution in [1.29, 1.82) is 0 Å². The molecule has 4 aromatic carbocycles. The van der Waals surface area contributed by atoms with Gasteiger partial charge in [0.2, 0.25) is 23.7 Å². The Bertz CT molecular complexity index is 2760. The Hall–Kier alpha value is -7.04. The van der Waals surface area contributed by atoms with Gasteiger partial charge in [-0.3, -0.25) is 34.4 Å². The predicted octanol–water partition coefficient (Wildman–Crippen LogP) is 4.70. The van der Waals surface area contributed by atoms with Crippen LogP contribution in [0.3, 0.4) is 0 Å². The molecule has 2 aliphatic heterocycles. The molecule has 3 amide bonds. The highest BCUT2D eigenvalue weighted by Gasteiger charge is 2.31. The SMILES string of the molecule is CN(Cc1c(C=O)cccc1NC(=O)COCCOCCOCC(O)CN(N)/C=C(\N)c1ccc(Nc2ncc3c(n2)-c2ccc(Cl)cc2C(c2c(F)cccc2F)=NC3)cc1)C1CCC(=O)NC1=O. The van der Waals surface area contributed by atoms with E-state index >= 15 is 0 Å². The number of rotatable bonds is 22. The maximum atomic E-state index is 14.9. The lowest BCUT2D eigenvalue weighted by atomic mass is 9.95. The zero-order valence-electron chi connectivity index (χ0n) is 38.0. The molecule has 0 bridgehead atoms. The molecule has 0 spiro atoms. The first kappa shape index (κ1) is 50.8. The van der Waals surface area contributed by atoms with Gasteiger partial charge in [-0.1, -0.05) is 48.0 Å². The summed E-state index contributed by atoms with van der Waals surface area (Å²) < 4.78 is 46.4. The smallest absolute Gasteiger partial charge is 0.250 e. The number of halogens is 3. The van der Waals surface area contributed by atoms with Crippen LogP contribution in [0.2, 0.25) is 5.02 Å². The summed E-state index contributed by atoms with van der Waals surface area (Å²) in [6.45, 7) is 0.629. The molecule has 21 heteroatoms. The van der Waals surface area contributed by atoms with Gasteiger partial charge in [0.1, 0.15) is 24.5 Å². The summed E-state index contributed by atoms with van der Waals surface area (Å²) in [5.41, 5.74) is 11.3. The number of likely N-dealkylation sites (N-methyl/N-ethyl adjacent to an activating group) is 1. The third-order valence-corrected chi connectivity index (χ3v) is 11.4. The van der Waals surface area contributed by atoms with E-state index in [4.69, 9.17) is 42.4 Å². The van der Waals surface area contributed by atoms with Crippen molar-refractivity contribution in [2.24, 2.45) is 16.6 Å². The normalized spacial score (nSPS) is 15.0. The van der Waals surface area contributed by atoms with Gasteiger partial charge >= 0.3 is 0 Å². The Balaban J connectivity index is 0.802. The van der Waals surface area contributed by atoms with Crippen LogP contribution in [-0.4, -0.2) is 120 Å². The number of aliphatic imine (C=N–C) groups is 1. The molecule has 2 atom stereocenters. The number of hydrazine groups is 1. The van der Waals surface area contributed by atoms with E-state index in [1.807, 2.05) is 0 Å². The molecule has 1 saturated heterocycles. The number of aldehydes is 1. The molecular weight excluding hydrogens is 930 g/mol. The number of aliphatic hydroxyl groups excluding tert-OH is 1. The Morgan fingerprint density at radius 2 is 1.73 bits per heavy atom. The molecule has 1 aromatic heterocycles. The lowest BCUT2D eigenvalue weighted by Crippen LogP contribution is -2.51. The fraction of sp³-hybridized carbons (Fsp3) is 0.286. The summed E-state index contributed by atoms with van der Waals surface area (Å²) in [6.07, 6.45) is 3.39. The second-order valence-electron chi connectivity index (χ2n) is 16.3. The third-order valence-electron chi connectivity index (χ3n) is 11.2. The van der Waals surface area contributed by atoms with E-state index in [-0.39, 0.29) is 88.8 Å². The van der Waals surface area contributed by atoms with Gasteiger partial charge in [0.05, 0.1) is 80.9 Å². The maximum Gasteiger partial charge on any atom is 0.250 e. The van der Waals surface area contributed by atoms with Crippen molar-refractivity contribution in [3.05, 3.63) is 141 Å². The number of carbonyl (C=O) groups excluding carboxylic acids is 4. The van der Waals surface area contributed by atoms with Gasteiger partial charge in [0.15, 0.2) is 0 Å². The van der Waals surface area contributed by atoms with Crippen molar-refractivity contribution in [3.8, 4) is 11.3 Å². The van der Waals surface area contributed by atoms with Crippen LogP contribution in [0.4, 0.5) is 26.1 Å². The molecule has 2 unspecified atom stereocenters. The molecule has 0 saturated carbocycles. The highest BCUT2D eigenvalue weighted by molar-refractivity contribution is 6.31. The molecule has 0 radical (unpaired) electrons. The van der Waals surface area contributed by atoms with Crippen molar-refractivity contribution in [2.45, 2.75) is 38.1 Å². The van der Waals surface area contributed by atoms with Crippen LogP contribution in [0.15, 0.2) is 96.3 Å². The minimum absolute atomic E-state index is 0.0152. The van der Waals surface area contributed by atoms with Crippen LogP contribution < -0.4 is 27.5 Å². The van der Waals surface area contributed by atoms with Gasteiger partial charge in [-0.05, 0) is 61.5 Å². The van der Waals surface area contributed by atoms with Gasteiger partial charge in [-0.15, -0.1) is 0 Å². The Morgan fingerprint density at radius 3 is 2.47 bits per heavy atom. The average Bonchev–Trinajstić information content (AvgIpc) is 3.47. The van der Waals surface area contributed by atoms with Crippen LogP contribution in [0.25, 0.3) is 17.0 Å². The van der Waals surface area contributed by atoms with Gasteiger partial charge in [-0.25, -0.2) is 24.6 Å². The van der Waals surface area contributed by atoms with Crippen molar-refractivity contribution < 1.29 is 47.3 Å². The average molecular weight is 981 g/mol. The first-order chi connectivity index (χ1) is 33.8. The van der Waals surface area contributed by atoms with Gasteiger partial charge in [0.25, 0.3) is 0 Å². The summed E-state index contributed by atoms with van der Waals surface area (Å²) in [5, 5.41) is 20.4. The second kappa shape index (κ2) is 24.0. The van der Waals surface area contributed by atoms with Crippen molar-refractivity contribution in [3.63, 3.8) is 0 Å². The number of hydrogen-bond donors (Lipinski definition) is 6. The number of anilines is 3. The van der Waals surface area contributed by atoms with Crippen molar-refractivity contribution >= 4 is 64.3 Å². The highest BCUT2D eigenvalue weighted by Crippen LogP contribution is 2.35. The van der Waals surface area contributed by atoms with Crippen LogP contribution in [-0.2, 0) is 41.7 Å². The summed E-state index contributed by atoms with van der Waals surface area (Å²) in [7, 11) is 1.71. The minimum atomic E-state index is -0.947. The number of nitrogens with zero attached hydrogens (tertiary/aromatic N) is 5. The highest BCUT2D eigenvalue weighted by atomic mass is 35.5. The van der Waals surface area contributed by atoms with Gasteiger partial charge in [0, 0.05) is 69.6 Å². The number of piperidine rings is 1. The summed E-state index contributed by atoms with van der Waals surface area (Å²) >= 11 is 6.35. The molecule has 5 aromatic rings. The standard InChI is InChI=1S/C49H51ClF2N10O8/c1-61(42-14-15-43(65)59-48(42)67)24-37-30(26-63)4-2-7-41(37)58-44(66)28-70-19-17-68-16-18-69-27-34(64)23-62(54)25-40(53)29-8-11-33(12-9-29)57-49-56-22-31-21-55-47(45-38(51)5-3-6-39(45)52)36-20-32(50)10-13-35(36)46(31)60-49/h2-13,20,22,25-26,34,42,64H,14-19,21,23-24,27-28,53-54H2,1H3,(H,58,66)(H,56,57,60)(H,59,65,67)/b40-25-. The molecule has 18 nitrogen and oxygen atoms in total. The number of imide groups is 1. The first-order valence-electron chi connectivity index (χ1n) is 22.1. The van der Waals surface area contributed by atoms with Crippen molar-refractivity contribution in [2.75, 3.05) is 63.9 Å². The maximum absolute atomic E-state index is 14.9.